The molecule has 6 aromatic rings. The van der Waals surface area contributed by atoms with Gasteiger partial charge in [0.25, 0.3) is 0 Å². The van der Waals surface area contributed by atoms with Gasteiger partial charge in [0, 0.05) is 5.41 Å². The Morgan fingerprint density at radius 3 is 1.96 bits per heavy atom. The van der Waals surface area contributed by atoms with E-state index in [-0.39, 0.29) is 5.41 Å². The van der Waals surface area contributed by atoms with Gasteiger partial charge in [-0.25, -0.2) is 0 Å². The van der Waals surface area contributed by atoms with Crippen LogP contribution in [0.2, 0.25) is 0 Å². The van der Waals surface area contributed by atoms with Gasteiger partial charge in [0.15, 0.2) is 0 Å². The lowest BCUT2D eigenvalue weighted by atomic mass is 9.69. The van der Waals surface area contributed by atoms with E-state index in [1.165, 1.54) is 50.1 Å². The summed E-state index contributed by atoms with van der Waals surface area (Å²) in [5.74, 6) is 0.913. The van der Waals surface area contributed by atoms with Crippen molar-refractivity contribution in [2.45, 2.75) is 31.1 Å². The Labute approximate surface area is 267 Å². The predicted molar refractivity (Wildman–Crippen MR) is 189 cm³/mol. The average Bonchev–Trinajstić information content (AvgIpc) is 3.39. The summed E-state index contributed by atoms with van der Waals surface area (Å²) in [4.78, 5) is 0. The summed E-state index contributed by atoms with van der Waals surface area (Å²) in [7, 11) is 0. The van der Waals surface area contributed by atoms with Gasteiger partial charge in [-0.3, -0.25) is 0 Å². The largest absolute Gasteiger partial charge is 0.494 e. The van der Waals surface area contributed by atoms with Gasteiger partial charge in [0.05, 0.1) is 6.61 Å². The van der Waals surface area contributed by atoms with E-state index in [4.69, 9.17) is 4.74 Å². The maximum Gasteiger partial charge on any atom is 0.119 e. The third kappa shape index (κ3) is 5.75. The summed E-state index contributed by atoms with van der Waals surface area (Å²) < 4.78 is 6.14. The molecule has 0 fully saturated rings. The zero-order valence-corrected chi connectivity index (χ0v) is 25.7. The summed E-state index contributed by atoms with van der Waals surface area (Å²) in [5, 5.41) is 0. The minimum Gasteiger partial charge on any atom is -0.494 e. The van der Waals surface area contributed by atoms with E-state index in [2.05, 4.69) is 134 Å². The van der Waals surface area contributed by atoms with Crippen LogP contribution in [0.5, 0.6) is 5.75 Å². The molecule has 0 spiro atoms. The fourth-order valence-electron chi connectivity index (χ4n) is 7.04. The van der Waals surface area contributed by atoms with Crippen LogP contribution in [-0.2, 0) is 11.8 Å². The third-order valence-electron chi connectivity index (χ3n) is 9.29. The zero-order chi connectivity index (χ0) is 30.5. The molecule has 1 atom stereocenters. The van der Waals surface area contributed by atoms with Crippen LogP contribution < -0.4 is 4.74 Å². The van der Waals surface area contributed by atoms with Crippen molar-refractivity contribution in [3.8, 4) is 28.0 Å². The SMILES string of the molecule is C=Cc1ccc(OCCCCC2(c3ccccc3)c3ccccc3-c3ccc(Cc4ccc(-c5ccccc5)cc4)cc32)cc1. The highest BCUT2D eigenvalue weighted by Gasteiger charge is 2.44. The first-order valence-electron chi connectivity index (χ1n) is 16.0. The van der Waals surface area contributed by atoms with E-state index in [0.717, 1.165) is 37.0 Å². The molecule has 0 saturated carbocycles. The minimum atomic E-state index is -0.202. The molecule has 0 N–H and O–H groups in total. The lowest BCUT2D eigenvalue weighted by Gasteiger charge is -2.33. The highest BCUT2D eigenvalue weighted by molar-refractivity contribution is 5.83. The molecule has 1 aliphatic carbocycles. The molecule has 0 radical (unpaired) electrons. The van der Waals surface area contributed by atoms with Crippen molar-refractivity contribution in [3.63, 3.8) is 0 Å². The summed E-state index contributed by atoms with van der Waals surface area (Å²) in [5.41, 5.74) is 13.0. The highest BCUT2D eigenvalue weighted by Crippen LogP contribution is 2.55. The quantitative estimate of drug-likeness (QED) is 0.138. The van der Waals surface area contributed by atoms with Gasteiger partial charge >= 0.3 is 0 Å². The first-order valence-corrected chi connectivity index (χ1v) is 16.0. The van der Waals surface area contributed by atoms with Gasteiger partial charge in [-0.1, -0.05) is 152 Å². The van der Waals surface area contributed by atoms with Gasteiger partial charge in [0.2, 0.25) is 0 Å². The summed E-state index contributed by atoms with van der Waals surface area (Å²) in [6.45, 7) is 4.55. The summed E-state index contributed by atoms with van der Waals surface area (Å²) in [6, 6.07) is 55.2. The average molecular weight is 583 g/mol. The summed E-state index contributed by atoms with van der Waals surface area (Å²) in [6.07, 6.45) is 5.83. The second-order valence-electron chi connectivity index (χ2n) is 12.0. The van der Waals surface area contributed by atoms with Crippen molar-refractivity contribution < 1.29 is 4.74 Å². The first kappa shape index (κ1) is 28.6. The van der Waals surface area contributed by atoms with Gasteiger partial charge in [-0.05, 0) is 93.5 Å². The number of rotatable bonds is 11. The number of hydrogen-bond donors (Lipinski definition) is 0. The number of fused-ring (bicyclic) bond motifs is 3. The van der Waals surface area contributed by atoms with Gasteiger partial charge in [-0.15, -0.1) is 0 Å². The van der Waals surface area contributed by atoms with Crippen LogP contribution in [-0.4, -0.2) is 6.61 Å². The van der Waals surface area contributed by atoms with Crippen molar-refractivity contribution in [2.24, 2.45) is 0 Å². The van der Waals surface area contributed by atoms with Gasteiger partial charge < -0.3 is 4.74 Å². The first-order chi connectivity index (χ1) is 22.2. The minimum absolute atomic E-state index is 0.202. The van der Waals surface area contributed by atoms with Crippen molar-refractivity contribution in [2.75, 3.05) is 6.61 Å². The molecule has 0 aromatic heterocycles. The second kappa shape index (κ2) is 12.8. The lowest BCUT2D eigenvalue weighted by molar-refractivity contribution is 0.301. The number of unbranched alkanes of at least 4 members (excludes halogenated alkanes) is 1. The van der Waals surface area contributed by atoms with Crippen LogP contribution in [0.3, 0.4) is 0 Å². The monoisotopic (exact) mass is 582 g/mol. The number of benzene rings is 6. The van der Waals surface area contributed by atoms with Crippen molar-refractivity contribution in [1.29, 1.82) is 0 Å². The maximum atomic E-state index is 6.14. The molecule has 220 valence electrons. The second-order valence-corrected chi connectivity index (χ2v) is 12.0. The van der Waals surface area contributed by atoms with Crippen molar-refractivity contribution in [1.82, 2.24) is 0 Å². The Kier molecular flexibility index (Phi) is 8.17. The molecular weight excluding hydrogens is 544 g/mol. The van der Waals surface area contributed by atoms with E-state index in [1.807, 2.05) is 30.3 Å². The molecule has 0 saturated heterocycles. The molecule has 45 heavy (non-hydrogen) atoms. The molecule has 1 aliphatic rings. The Bertz CT molecular complexity index is 1890. The van der Waals surface area contributed by atoms with Crippen LogP contribution in [0.25, 0.3) is 28.3 Å². The lowest BCUT2D eigenvalue weighted by Crippen LogP contribution is -2.27. The maximum absolute atomic E-state index is 6.14. The molecular formula is C44H38O. The topological polar surface area (TPSA) is 9.23 Å². The van der Waals surface area contributed by atoms with Crippen LogP contribution in [0.1, 0.15) is 52.6 Å². The highest BCUT2D eigenvalue weighted by atomic mass is 16.5. The number of hydrogen-bond acceptors (Lipinski definition) is 1. The van der Waals surface area contributed by atoms with Crippen molar-refractivity contribution in [3.05, 3.63) is 192 Å². The fourth-order valence-corrected chi connectivity index (χ4v) is 7.04. The molecule has 0 amide bonds. The van der Waals surface area contributed by atoms with Crippen molar-refractivity contribution >= 4 is 6.08 Å². The molecule has 1 unspecified atom stereocenters. The number of ether oxygens (including phenoxy) is 1. The smallest absolute Gasteiger partial charge is 0.119 e. The molecule has 0 bridgehead atoms. The van der Waals surface area contributed by atoms with Gasteiger partial charge in [0.1, 0.15) is 5.75 Å². The zero-order valence-electron chi connectivity index (χ0n) is 25.7. The molecule has 1 nitrogen and oxygen atoms in total. The Balaban J connectivity index is 1.18. The van der Waals surface area contributed by atoms with E-state index >= 15 is 0 Å². The molecule has 1 heteroatoms. The molecule has 6 aromatic carbocycles. The van der Waals surface area contributed by atoms with Crippen LogP contribution in [0, 0.1) is 0 Å². The fraction of sp³-hybridized carbons (Fsp3) is 0.136. The van der Waals surface area contributed by atoms with E-state index in [9.17, 15) is 0 Å². The van der Waals surface area contributed by atoms with Gasteiger partial charge in [-0.2, -0.15) is 0 Å². The summed E-state index contributed by atoms with van der Waals surface area (Å²) >= 11 is 0. The van der Waals surface area contributed by atoms with Crippen LogP contribution in [0.4, 0.5) is 0 Å². The Morgan fingerprint density at radius 1 is 0.556 bits per heavy atom. The van der Waals surface area contributed by atoms with E-state index in [0.29, 0.717) is 6.61 Å². The van der Waals surface area contributed by atoms with Crippen LogP contribution >= 0.6 is 0 Å². The third-order valence-corrected chi connectivity index (χ3v) is 9.29. The molecule has 0 aliphatic heterocycles. The Morgan fingerprint density at radius 2 is 1.20 bits per heavy atom. The normalized spacial score (nSPS) is 14.8. The standard InChI is InChI=1S/C44H38O/c1-2-33-21-26-39(27-22-33)45-30-12-11-29-44(38-15-7-4-8-16-38)42-18-10-9-17-40(42)41-28-23-35(32-43(41)44)31-34-19-24-37(25-20-34)36-13-5-3-6-14-36/h2-10,13-28,32H,1,11-12,29-31H2. The van der Waals surface area contributed by atoms with E-state index < -0.39 is 0 Å². The van der Waals surface area contributed by atoms with Crippen LogP contribution in [0.15, 0.2) is 158 Å². The predicted octanol–water partition coefficient (Wildman–Crippen LogP) is 11.2. The molecule has 0 heterocycles. The van der Waals surface area contributed by atoms with E-state index in [1.54, 1.807) is 0 Å². The Hall–Kier alpha value is -5.14. The molecule has 7 rings (SSSR count).